The maximum Gasteiger partial charge on any atom is 0.271 e. The number of hydrogen-bond donors (Lipinski definition) is 2. The zero-order valence-electron chi connectivity index (χ0n) is 15.2. The van der Waals surface area contributed by atoms with E-state index in [9.17, 15) is 14.3 Å². The van der Waals surface area contributed by atoms with Crippen molar-refractivity contribution in [1.82, 2.24) is 9.55 Å². The summed E-state index contributed by atoms with van der Waals surface area (Å²) in [6.45, 7) is 0. The molecule has 2 aromatic heterocycles. The molecule has 0 saturated carbocycles. The first-order valence-corrected chi connectivity index (χ1v) is 9.33. The number of carbonyl (C=O) groups is 1. The largest absolute Gasteiger partial charge is 0.505 e. The number of halogens is 2. The normalized spacial score (nSPS) is 11.0. The molecular formula is C21H15BrFN3O3. The Morgan fingerprint density at radius 1 is 1.17 bits per heavy atom. The van der Waals surface area contributed by atoms with Gasteiger partial charge in [-0.25, -0.2) is 9.37 Å². The molecule has 0 bridgehead atoms. The monoisotopic (exact) mass is 455 g/mol. The highest BCUT2D eigenvalue weighted by atomic mass is 79.9. The molecule has 6 nitrogen and oxygen atoms in total. The molecule has 0 radical (unpaired) electrons. The molecule has 146 valence electrons. The van der Waals surface area contributed by atoms with Crippen LogP contribution in [0.2, 0.25) is 0 Å². The third kappa shape index (κ3) is 3.11. The fourth-order valence-corrected chi connectivity index (χ4v) is 4.05. The molecule has 0 aliphatic heterocycles. The lowest BCUT2D eigenvalue weighted by atomic mass is 10.1. The molecule has 4 aromatic rings. The van der Waals surface area contributed by atoms with Crippen molar-refractivity contribution in [3.05, 3.63) is 70.7 Å². The summed E-state index contributed by atoms with van der Waals surface area (Å²) in [4.78, 5) is 15.7. The maximum absolute atomic E-state index is 13.5. The van der Waals surface area contributed by atoms with Gasteiger partial charge in [0.1, 0.15) is 11.6 Å². The van der Waals surface area contributed by atoms with E-state index in [0.29, 0.717) is 32.4 Å². The van der Waals surface area contributed by atoms with Gasteiger partial charge in [-0.05, 0) is 70.0 Å². The smallest absolute Gasteiger partial charge is 0.271 e. The molecule has 8 heteroatoms. The van der Waals surface area contributed by atoms with E-state index in [1.165, 1.54) is 18.3 Å². The minimum Gasteiger partial charge on any atom is -0.505 e. The molecule has 0 saturated heterocycles. The molecular weight excluding hydrogens is 441 g/mol. The lowest BCUT2D eigenvalue weighted by Gasteiger charge is -2.12. The van der Waals surface area contributed by atoms with Crippen molar-refractivity contribution in [1.29, 1.82) is 0 Å². The van der Waals surface area contributed by atoms with Gasteiger partial charge in [-0.3, -0.25) is 4.79 Å². The second-order valence-corrected chi connectivity index (χ2v) is 7.08. The van der Waals surface area contributed by atoms with Gasteiger partial charge in [0.25, 0.3) is 5.91 Å². The Kier molecular flexibility index (Phi) is 4.71. The summed E-state index contributed by atoms with van der Waals surface area (Å²) in [6.07, 6.45) is 1.47. The van der Waals surface area contributed by atoms with Gasteiger partial charge in [0.2, 0.25) is 0 Å². The predicted octanol–water partition coefficient (Wildman–Crippen LogP) is 4.41. The average Bonchev–Trinajstić information content (AvgIpc) is 3.02. The predicted molar refractivity (Wildman–Crippen MR) is 111 cm³/mol. The van der Waals surface area contributed by atoms with E-state index in [4.69, 9.17) is 10.5 Å². The van der Waals surface area contributed by atoms with Gasteiger partial charge < -0.3 is 20.1 Å². The summed E-state index contributed by atoms with van der Waals surface area (Å²) in [5, 5.41) is 11.1. The number of aromatic nitrogens is 2. The van der Waals surface area contributed by atoms with Crippen molar-refractivity contribution in [3.8, 4) is 28.4 Å². The van der Waals surface area contributed by atoms with E-state index in [1.54, 1.807) is 31.4 Å². The lowest BCUT2D eigenvalue weighted by molar-refractivity contribution is 0.0993. The summed E-state index contributed by atoms with van der Waals surface area (Å²) in [6, 6.07) is 13.3. The van der Waals surface area contributed by atoms with Crippen molar-refractivity contribution in [2.75, 3.05) is 7.11 Å². The number of rotatable bonds is 4. The SMILES string of the molecule is COc1ccc(-n2c(-c3ccc(F)cc3)c(Br)c3c(O)c(C(N)=O)ncc32)cc1. The Labute approximate surface area is 173 Å². The van der Waals surface area contributed by atoms with E-state index in [0.717, 1.165) is 5.69 Å². The molecule has 0 aliphatic carbocycles. The van der Waals surface area contributed by atoms with Crippen molar-refractivity contribution in [3.63, 3.8) is 0 Å². The molecule has 29 heavy (non-hydrogen) atoms. The van der Waals surface area contributed by atoms with Crippen LogP contribution in [0.25, 0.3) is 27.8 Å². The van der Waals surface area contributed by atoms with Gasteiger partial charge in [0.05, 0.1) is 34.4 Å². The van der Waals surface area contributed by atoms with Crippen LogP contribution in [0.4, 0.5) is 4.39 Å². The van der Waals surface area contributed by atoms with Crippen LogP contribution >= 0.6 is 15.9 Å². The first-order chi connectivity index (χ1) is 13.9. The quantitative estimate of drug-likeness (QED) is 0.476. The summed E-state index contributed by atoms with van der Waals surface area (Å²) >= 11 is 3.54. The summed E-state index contributed by atoms with van der Waals surface area (Å²) in [5.74, 6) is -0.837. The summed E-state index contributed by atoms with van der Waals surface area (Å²) in [5.41, 5.74) is 7.77. The van der Waals surface area contributed by atoms with E-state index < -0.39 is 5.91 Å². The molecule has 0 aliphatic rings. The Hall–Kier alpha value is -3.39. The number of aromatic hydroxyl groups is 1. The number of amides is 1. The lowest BCUT2D eigenvalue weighted by Crippen LogP contribution is -2.13. The first-order valence-electron chi connectivity index (χ1n) is 8.54. The van der Waals surface area contributed by atoms with Gasteiger partial charge >= 0.3 is 0 Å². The molecule has 0 atom stereocenters. The number of hydrogen-bond acceptors (Lipinski definition) is 4. The Morgan fingerprint density at radius 2 is 1.83 bits per heavy atom. The number of benzene rings is 2. The van der Waals surface area contributed by atoms with Crippen LogP contribution in [0.1, 0.15) is 10.5 Å². The Bertz CT molecular complexity index is 1240. The van der Waals surface area contributed by atoms with Crippen molar-refractivity contribution in [2.45, 2.75) is 0 Å². The van der Waals surface area contributed by atoms with Gasteiger partial charge in [0.15, 0.2) is 11.4 Å². The third-order valence-electron chi connectivity index (χ3n) is 4.61. The maximum atomic E-state index is 13.5. The number of pyridine rings is 1. The molecule has 1 amide bonds. The van der Waals surface area contributed by atoms with Crippen molar-refractivity contribution >= 4 is 32.7 Å². The number of carbonyl (C=O) groups excluding carboxylic acids is 1. The average molecular weight is 456 g/mol. The van der Waals surface area contributed by atoms with Crippen molar-refractivity contribution in [2.24, 2.45) is 5.73 Å². The van der Waals surface area contributed by atoms with Crippen molar-refractivity contribution < 1.29 is 19.0 Å². The highest BCUT2D eigenvalue weighted by Crippen LogP contribution is 2.44. The minimum atomic E-state index is -0.836. The van der Waals surface area contributed by atoms with Gasteiger partial charge in [-0.2, -0.15) is 0 Å². The van der Waals surface area contributed by atoms with Crippen LogP contribution in [0.3, 0.4) is 0 Å². The summed E-state index contributed by atoms with van der Waals surface area (Å²) < 4.78 is 21.1. The zero-order chi connectivity index (χ0) is 20.7. The number of nitrogens with two attached hydrogens (primary N) is 1. The number of methoxy groups -OCH3 is 1. The topological polar surface area (TPSA) is 90.4 Å². The standard InChI is InChI=1S/C21H15BrFN3O3/c1-29-14-8-6-13(7-9-14)26-15-10-25-18(21(24)28)20(27)16(15)17(22)19(26)11-2-4-12(23)5-3-11/h2-10,27H,1H3,(H2,24,28). The van der Waals surface area contributed by atoms with E-state index in [1.807, 2.05) is 16.7 Å². The van der Waals surface area contributed by atoms with Crippen LogP contribution in [-0.2, 0) is 0 Å². The van der Waals surface area contributed by atoms with Crippen LogP contribution < -0.4 is 10.5 Å². The van der Waals surface area contributed by atoms with Crippen LogP contribution in [0.5, 0.6) is 11.5 Å². The van der Waals surface area contributed by atoms with Gasteiger partial charge in [-0.1, -0.05) is 0 Å². The number of nitrogens with zero attached hydrogens (tertiary/aromatic N) is 2. The second kappa shape index (κ2) is 7.21. The number of ether oxygens (including phenoxy) is 1. The minimum absolute atomic E-state index is 0.226. The van der Waals surface area contributed by atoms with Gasteiger partial charge in [0, 0.05) is 5.69 Å². The fraction of sp³-hybridized carbons (Fsp3) is 0.0476. The van der Waals surface area contributed by atoms with Crippen LogP contribution in [0, 0.1) is 5.82 Å². The molecule has 0 spiro atoms. The number of fused-ring (bicyclic) bond motifs is 1. The molecule has 2 heterocycles. The molecule has 2 aromatic carbocycles. The molecule has 4 rings (SSSR count). The van der Waals surface area contributed by atoms with E-state index in [-0.39, 0.29) is 17.3 Å². The second-order valence-electron chi connectivity index (χ2n) is 6.28. The third-order valence-corrected chi connectivity index (χ3v) is 5.38. The van der Waals surface area contributed by atoms with Crippen LogP contribution in [-0.4, -0.2) is 27.7 Å². The summed E-state index contributed by atoms with van der Waals surface area (Å²) in [7, 11) is 1.58. The first kappa shape index (κ1) is 18.9. The molecule has 3 N–H and O–H groups in total. The zero-order valence-corrected chi connectivity index (χ0v) is 16.8. The molecule has 0 unspecified atom stereocenters. The van der Waals surface area contributed by atoms with E-state index >= 15 is 0 Å². The van der Waals surface area contributed by atoms with Gasteiger partial charge in [-0.15, -0.1) is 0 Å². The van der Waals surface area contributed by atoms with E-state index in [2.05, 4.69) is 20.9 Å². The molecule has 0 fully saturated rings. The fourth-order valence-electron chi connectivity index (χ4n) is 3.26. The Balaban J connectivity index is 2.10. The Morgan fingerprint density at radius 3 is 2.41 bits per heavy atom. The van der Waals surface area contributed by atoms with Crippen LogP contribution in [0.15, 0.2) is 59.2 Å². The number of primary amides is 1. The highest BCUT2D eigenvalue weighted by Gasteiger charge is 2.24. The highest BCUT2D eigenvalue weighted by molar-refractivity contribution is 9.10.